The van der Waals surface area contributed by atoms with Crippen molar-refractivity contribution in [1.82, 2.24) is 0 Å². The number of nitrogens with two attached hydrogens (primary N) is 1. The van der Waals surface area contributed by atoms with Gasteiger partial charge in [0, 0.05) is 16.9 Å². The fourth-order valence-electron chi connectivity index (χ4n) is 1.76. The lowest BCUT2D eigenvalue weighted by Crippen LogP contribution is -2.13. The molecule has 0 heterocycles. The fourth-order valence-corrected chi connectivity index (χ4v) is 1.76. The van der Waals surface area contributed by atoms with Crippen LogP contribution in [0.3, 0.4) is 0 Å². The molecular formula is C14H12F2N2O. The monoisotopic (exact) mass is 262 g/mol. The van der Waals surface area contributed by atoms with Crippen molar-refractivity contribution in [2.75, 3.05) is 11.1 Å². The summed E-state index contributed by atoms with van der Waals surface area (Å²) in [6, 6.07) is 7.68. The van der Waals surface area contributed by atoms with Gasteiger partial charge in [0.15, 0.2) is 0 Å². The number of aryl methyl sites for hydroxylation is 1. The third-order valence-electron chi connectivity index (χ3n) is 2.48. The molecule has 0 aliphatic rings. The maximum atomic E-state index is 13.2. The molecule has 3 N–H and O–H groups in total. The first-order valence-corrected chi connectivity index (χ1v) is 5.58. The highest BCUT2D eigenvalue weighted by Crippen LogP contribution is 2.16. The quantitative estimate of drug-likeness (QED) is 0.817. The summed E-state index contributed by atoms with van der Waals surface area (Å²) in [5.74, 6) is -1.59. The summed E-state index contributed by atoms with van der Waals surface area (Å²) >= 11 is 0. The van der Waals surface area contributed by atoms with Crippen LogP contribution in [-0.4, -0.2) is 5.91 Å². The molecule has 0 unspecified atom stereocenters. The molecule has 0 radical (unpaired) electrons. The molecule has 98 valence electrons. The van der Waals surface area contributed by atoms with Gasteiger partial charge in [-0.3, -0.25) is 4.79 Å². The van der Waals surface area contributed by atoms with Crippen molar-refractivity contribution in [3.63, 3.8) is 0 Å². The molecular weight excluding hydrogens is 250 g/mol. The van der Waals surface area contributed by atoms with Crippen molar-refractivity contribution in [2.45, 2.75) is 6.92 Å². The molecule has 0 saturated heterocycles. The van der Waals surface area contributed by atoms with Gasteiger partial charge in [0.05, 0.1) is 0 Å². The first kappa shape index (κ1) is 13.0. The van der Waals surface area contributed by atoms with Crippen LogP contribution in [0.25, 0.3) is 0 Å². The van der Waals surface area contributed by atoms with Crippen LogP contribution in [0.1, 0.15) is 15.9 Å². The third kappa shape index (κ3) is 3.28. The highest BCUT2D eigenvalue weighted by atomic mass is 19.1. The molecule has 0 bridgehead atoms. The molecule has 2 aromatic rings. The standard InChI is InChI=1S/C14H12F2N2O/c1-8-2-10(15)7-13(3-8)18-14(19)9-4-11(16)6-12(17)5-9/h2-7H,17H2,1H3,(H,18,19). The molecule has 2 aromatic carbocycles. The highest BCUT2D eigenvalue weighted by Gasteiger charge is 2.09. The van der Waals surface area contributed by atoms with Crippen LogP contribution < -0.4 is 11.1 Å². The Hall–Kier alpha value is -2.43. The molecule has 0 aromatic heterocycles. The second kappa shape index (κ2) is 5.06. The molecule has 0 fully saturated rings. The number of nitrogens with one attached hydrogen (secondary N) is 1. The average Bonchev–Trinajstić information content (AvgIpc) is 2.25. The van der Waals surface area contributed by atoms with Crippen LogP contribution in [0.5, 0.6) is 0 Å². The second-order valence-corrected chi connectivity index (χ2v) is 4.24. The number of carbonyl (C=O) groups excluding carboxylic acids is 1. The molecule has 0 atom stereocenters. The Morgan fingerprint density at radius 3 is 2.37 bits per heavy atom. The summed E-state index contributed by atoms with van der Waals surface area (Å²) in [7, 11) is 0. The lowest BCUT2D eigenvalue weighted by molar-refractivity contribution is 0.102. The number of halogens is 2. The van der Waals surface area contributed by atoms with E-state index in [4.69, 9.17) is 5.73 Å². The van der Waals surface area contributed by atoms with Crippen molar-refractivity contribution in [1.29, 1.82) is 0 Å². The smallest absolute Gasteiger partial charge is 0.255 e. The van der Waals surface area contributed by atoms with Gasteiger partial charge in [-0.15, -0.1) is 0 Å². The normalized spacial score (nSPS) is 10.3. The molecule has 0 saturated carbocycles. The maximum Gasteiger partial charge on any atom is 0.255 e. The maximum absolute atomic E-state index is 13.2. The number of anilines is 2. The van der Waals surface area contributed by atoms with Crippen LogP contribution in [0, 0.1) is 18.6 Å². The zero-order chi connectivity index (χ0) is 14.0. The van der Waals surface area contributed by atoms with Gasteiger partial charge in [0.1, 0.15) is 11.6 Å². The van der Waals surface area contributed by atoms with Crippen LogP contribution in [0.4, 0.5) is 20.2 Å². The minimum atomic E-state index is -0.597. The van der Waals surface area contributed by atoms with E-state index in [0.29, 0.717) is 11.3 Å². The van der Waals surface area contributed by atoms with E-state index in [1.165, 1.54) is 18.2 Å². The van der Waals surface area contributed by atoms with Gasteiger partial charge < -0.3 is 11.1 Å². The van der Waals surface area contributed by atoms with Crippen LogP contribution in [0.15, 0.2) is 36.4 Å². The minimum absolute atomic E-state index is 0.0828. The highest BCUT2D eigenvalue weighted by molar-refractivity contribution is 6.04. The van der Waals surface area contributed by atoms with Gasteiger partial charge in [0.25, 0.3) is 5.91 Å². The Bertz CT molecular complexity index is 601. The second-order valence-electron chi connectivity index (χ2n) is 4.24. The zero-order valence-electron chi connectivity index (χ0n) is 10.2. The summed E-state index contributed by atoms with van der Waals surface area (Å²) in [6.07, 6.45) is 0. The topological polar surface area (TPSA) is 55.1 Å². The molecule has 0 spiro atoms. The Balaban J connectivity index is 2.25. The minimum Gasteiger partial charge on any atom is -0.399 e. The Morgan fingerprint density at radius 2 is 1.74 bits per heavy atom. The number of amides is 1. The number of rotatable bonds is 2. The van der Waals surface area contributed by atoms with Crippen molar-refractivity contribution < 1.29 is 13.6 Å². The van der Waals surface area contributed by atoms with E-state index in [9.17, 15) is 13.6 Å². The molecule has 19 heavy (non-hydrogen) atoms. The first-order valence-electron chi connectivity index (χ1n) is 5.58. The first-order chi connectivity index (χ1) is 8.94. The molecule has 5 heteroatoms. The number of nitrogen functional groups attached to an aromatic ring is 1. The van der Waals surface area contributed by atoms with E-state index >= 15 is 0 Å². The summed E-state index contributed by atoms with van der Waals surface area (Å²) < 4.78 is 26.3. The number of carbonyl (C=O) groups is 1. The van der Waals surface area contributed by atoms with Crippen molar-refractivity contribution in [2.24, 2.45) is 0 Å². The van der Waals surface area contributed by atoms with Gasteiger partial charge in [-0.25, -0.2) is 8.78 Å². The Kier molecular flexibility index (Phi) is 3.46. The predicted molar refractivity (Wildman–Crippen MR) is 69.9 cm³/mol. The lowest BCUT2D eigenvalue weighted by Gasteiger charge is -2.07. The number of hydrogen-bond acceptors (Lipinski definition) is 2. The van der Waals surface area contributed by atoms with Gasteiger partial charge in [-0.05, 0) is 48.9 Å². The number of hydrogen-bond donors (Lipinski definition) is 2. The van der Waals surface area contributed by atoms with E-state index in [-0.39, 0.29) is 11.3 Å². The fraction of sp³-hybridized carbons (Fsp3) is 0.0714. The van der Waals surface area contributed by atoms with Crippen LogP contribution in [0.2, 0.25) is 0 Å². The molecule has 0 aliphatic heterocycles. The average molecular weight is 262 g/mol. The SMILES string of the molecule is Cc1cc(F)cc(NC(=O)c2cc(N)cc(F)c2)c1. The van der Waals surface area contributed by atoms with E-state index < -0.39 is 17.5 Å². The van der Waals surface area contributed by atoms with E-state index in [1.807, 2.05) is 0 Å². The summed E-state index contributed by atoms with van der Waals surface area (Å²) in [4.78, 5) is 11.9. The third-order valence-corrected chi connectivity index (χ3v) is 2.48. The van der Waals surface area contributed by atoms with E-state index in [2.05, 4.69) is 5.32 Å². The van der Waals surface area contributed by atoms with Crippen molar-refractivity contribution >= 4 is 17.3 Å². The van der Waals surface area contributed by atoms with Gasteiger partial charge in [-0.2, -0.15) is 0 Å². The largest absolute Gasteiger partial charge is 0.399 e. The van der Waals surface area contributed by atoms with Crippen LogP contribution in [-0.2, 0) is 0 Å². The summed E-state index contributed by atoms with van der Waals surface area (Å²) in [5, 5.41) is 2.49. The van der Waals surface area contributed by atoms with Crippen molar-refractivity contribution in [3.05, 3.63) is 59.2 Å². The molecule has 2 rings (SSSR count). The van der Waals surface area contributed by atoms with Gasteiger partial charge in [-0.1, -0.05) is 0 Å². The van der Waals surface area contributed by atoms with E-state index in [1.54, 1.807) is 13.0 Å². The van der Waals surface area contributed by atoms with Crippen molar-refractivity contribution in [3.8, 4) is 0 Å². The van der Waals surface area contributed by atoms with E-state index in [0.717, 1.165) is 12.1 Å². The lowest BCUT2D eigenvalue weighted by atomic mass is 10.1. The molecule has 1 amide bonds. The zero-order valence-corrected chi connectivity index (χ0v) is 10.2. The molecule has 3 nitrogen and oxygen atoms in total. The van der Waals surface area contributed by atoms with Gasteiger partial charge >= 0.3 is 0 Å². The molecule has 0 aliphatic carbocycles. The Labute approximate surface area is 109 Å². The summed E-state index contributed by atoms with van der Waals surface area (Å²) in [5.41, 5.74) is 6.68. The van der Waals surface area contributed by atoms with Crippen LogP contribution >= 0.6 is 0 Å². The summed E-state index contributed by atoms with van der Waals surface area (Å²) in [6.45, 7) is 1.71. The number of benzene rings is 2. The Morgan fingerprint density at radius 1 is 1.05 bits per heavy atom. The predicted octanol–water partition coefficient (Wildman–Crippen LogP) is 3.11. The van der Waals surface area contributed by atoms with Gasteiger partial charge in [0.2, 0.25) is 0 Å².